The first-order valence-electron chi connectivity index (χ1n) is 4.24. The van der Waals surface area contributed by atoms with E-state index in [0.29, 0.717) is 10.8 Å². The molecule has 2 rings (SSSR count). The van der Waals surface area contributed by atoms with Crippen LogP contribution in [0.2, 0.25) is 0 Å². The van der Waals surface area contributed by atoms with Gasteiger partial charge in [-0.2, -0.15) is 0 Å². The molecule has 0 saturated heterocycles. The van der Waals surface area contributed by atoms with Crippen molar-refractivity contribution in [3.63, 3.8) is 0 Å². The molecular formula is C9H15Cl. The lowest BCUT2D eigenvalue weighted by Crippen LogP contribution is -2.24. The summed E-state index contributed by atoms with van der Waals surface area (Å²) in [6, 6.07) is 0. The average Bonchev–Trinajstić information content (AvgIpc) is 2.21. The number of hydrogen-bond donors (Lipinski definition) is 0. The van der Waals surface area contributed by atoms with Crippen LogP contribution in [0.25, 0.3) is 0 Å². The van der Waals surface area contributed by atoms with Crippen LogP contribution in [0.3, 0.4) is 0 Å². The fraction of sp³-hybridized carbons (Fsp3) is 1.00. The highest BCUT2D eigenvalue weighted by molar-refractivity contribution is 6.21. The van der Waals surface area contributed by atoms with Crippen molar-refractivity contribution in [3.05, 3.63) is 0 Å². The molecule has 3 atom stereocenters. The van der Waals surface area contributed by atoms with E-state index in [0.717, 1.165) is 11.8 Å². The van der Waals surface area contributed by atoms with Crippen molar-refractivity contribution in [2.24, 2.45) is 17.3 Å². The molecule has 0 aromatic rings. The van der Waals surface area contributed by atoms with Crippen LogP contribution in [-0.2, 0) is 0 Å². The summed E-state index contributed by atoms with van der Waals surface area (Å²) >= 11 is 6.14. The molecule has 0 aromatic carbocycles. The van der Waals surface area contributed by atoms with Crippen molar-refractivity contribution in [3.8, 4) is 0 Å². The number of alkyl halides is 1. The Morgan fingerprint density at radius 3 is 2.30 bits per heavy atom. The van der Waals surface area contributed by atoms with E-state index in [2.05, 4.69) is 13.8 Å². The third-order valence-electron chi connectivity index (χ3n) is 3.50. The summed E-state index contributed by atoms with van der Waals surface area (Å²) in [6.45, 7) is 4.78. The Morgan fingerprint density at radius 2 is 2.00 bits per heavy atom. The largest absolute Gasteiger partial charge is 0.123 e. The summed E-state index contributed by atoms with van der Waals surface area (Å²) in [4.78, 5) is 0. The molecule has 2 bridgehead atoms. The maximum absolute atomic E-state index is 6.14. The maximum atomic E-state index is 6.14. The zero-order chi connectivity index (χ0) is 7.35. The topological polar surface area (TPSA) is 0 Å². The first-order chi connectivity index (χ1) is 4.59. The Morgan fingerprint density at radius 1 is 1.30 bits per heavy atom. The predicted octanol–water partition coefficient (Wildman–Crippen LogP) is 3.05. The van der Waals surface area contributed by atoms with Crippen molar-refractivity contribution >= 4 is 11.6 Å². The van der Waals surface area contributed by atoms with E-state index in [1.807, 2.05) is 0 Å². The van der Waals surface area contributed by atoms with Crippen LogP contribution < -0.4 is 0 Å². The molecule has 2 aliphatic carbocycles. The van der Waals surface area contributed by atoms with Crippen LogP contribution in [0.1, 0.15) is 33.1 Å². The molecule has 2 fully saturated rings. The lowest BCUT2D eigenvalue weighted by atomic mass is 9.76. The Hall–Kier alpha value is 0.290. The minimum atomic E-state index is 0.512. The minimum Gasteiger partial charge on any atom is -0.123 e. The molecule has 0 radical (unpaired) electrons. The van der Waals surface area contributed by atoms with E-state index in [-0.39, 0.29) is 0 Å². The number of rotatable bonds is 0. The molecule has 10 heavy (non-hydrogen) atoms. The van der Waals surface area contributed by atoms with E-state index < -0.39 is 0 Å². The predicted molar refractivity (Wildman–Crippen MR) is 44.3 cm³/mol. The van der Waals surface area contributed by atoms with E-state index in [1.165, 1.54) is 19.3 Å². The summed E-state index contributed by atoms with van der Waals surface area (Å²) in [5.41, 5.74) is 0.607. The zero-order valence-electron chi connectivity index (χ0n) is 6.73. The fourth-order valence-electron chi connectivity index (χ4n) is 2.77. The van der Waals surface area contributed by atoms with Crippen LogP contribution in [-0.4, -0.2) is 5.38 Å². The van der Waals surface area contributed by atoms with Gasteiger partial charge in [-0.3, -0.25) is 0 Å². The minimum absolute atomic E-state index is 0.512. The Balaban J connectivity index is 2.16. The van der Waals surface area contributed by atoms with Gasteiger partial charge in [-0.05, 0) is 36.5 Å². The van der Waals surface area contributed by atoms with Gasteiger partial charge in [0.2, 0.25) is 0 Å². The van der Waals surface area contributed by atoms with E-state index in [4.69, 9.17) is 11.6 Å². The quantitative estimate of drug-likeness (QED) is 0.476. The van der Waals surface area contributed by atoms with E-state index >= 15 is 0 Å². The lowest BCUT2D eigenvalue weighted by Gasteiger charge is -2.31. The maximum Gasteiger partial charge on any atom is 0.0367 e. The molecule has 2 aliphatic rings. The molecule has 2 saturated carbocycles. The first kappa shape index (κ1) is 6.97. The van der Waals surface area contributed by atoms with Crippen molar-refractivity contribution in [2.75, 3.05) is 0 Å². The molecule has 0 aliphatic heterocycles. The third-order valence-corrected chi connectivity index (χ3v) is 4.04. The molecule has 0 N–H and O–H groups in total. The standard InChI is InChI=1S/C9H15Cl/c1-9(2)5-6-3-7(9)4-8(6)10/h6-8H,3-5H2,1-2H3/t6-,7-,8+/m0/s1. The molecule has 58 valence electrons. The highest BCUT2D eigenvalue weighted by Crippen LogP contribution is 2.56. The van der Waals surface area contributed by atoms with Crippen LogP contribution in [0.4, 0.5) is 0 Å². The highest BCUT2D eigenvalue weighted by Gasteiger charge is 2.49. The van der Waals surface area contributed by atoms with Gasteiger partial charge in [-0.1, -0.05) is 13.8 Å². The lowest BCUT2D eigenvalue weighted by molar-refractivity contribution is 0.220. The van der Waals surface area contributed by atoms with Crippen LogP contribution in [0.15, 0.2) is 0 Å². The summed E-state index contributed by atoms with van der Waals surface area (Å²) in [7, 11) is 0. The molecule has 0 unspecified atom stereocenters. The number of hydrogen-bond acceptors (Lipinski definition) is 0. The second-order valence-electron chi connectivity index (χ2n) is 4.64. The van der Waals surface area contributed by atoms with Crippen LogP contribution >= 0.6 is 11.6 Å². The van der Waals surface area contributed by atoms with E-state index in [9.17, 15) is 0 Å². The third kappa shape index (κ3) is 0.812. The molecule has 0 spiro atoms. The van der Waals surface area contributed by atoms with E-state index in [1.54, 1.807) is 0 Å². The normalized spacial score (nSPS) is 50.1. The Kier molecular flexibility index (Phi) is 1.33. The van der Waals surface area contributed by atoms with Crippen LogP contribution in [0, 0.1) is 17.3 Å². The van der Waals surface area contributed by atoms with Crippen LogP contribution in [0.5, 0.6) is 0 Å². The summed E-state index contributed by atoms with van der Waals surface area (Å²) in [6.07, 6.45) is 4.05. The number of fused-ring (bicyclic) bond motifs is 2. The smallest absolute Gasteiger partial charge is 0.0367 e. The molecule has 0 aromatic heterocycles. The SMILES string of the molecule is CC1(C)C[C@@H]2C[C@H]1C[C@H]2Cl. The highest BCUT2D eigenvalue weighted by atomic mass is 35.5. The second-order valence-corrected chi connectivity index (χ2v) is 5.20. The molecule has 0 amide bonds. The van der Waals surface area contributed by atoms with Crippen molar-refractivity contribution in [1.82, 2.24) is 0 Å². The average molecular weight is 159 g/mol. The fourth-order valence-corrected chi connectivity index (χ4v) is 3.17. The van der Waals surface area contributed by atoms with Gasteiger partial charge >= 0.3 is 0 Å². The Bertz CT molecular complexity index is 149. The first-order valence-corrected chi connectivity index (χ1v) is 4.67. The second kappa shape index (κ2) is 1.91. The van der Waals surface area contributed by atoms with Gasteiger partial charge in [0.05, 0.1) is 0 Å². The van der Waals surface area contributed by atoms with Gasteiger partial charge in [0, 0.05) is 5.38 Å². The molecular weight excluding hydrogens is 144 g/mol. The van der Waals surface area contributed by atoms with Gasteiger partial charge in [0.25, 0.3) is 0 Å². The Labute approximate surface area is 68.0 Å². The monoisotopic (exact) mass is 158 g/mol. The van der Waals surface area contributed by atoms with Gasteiger partial charge in [0.1, 0.15) is 0 Å². The number of halogens is 1. The van der Waals surface area contributed by atoms with Crippen molar-refractivity contribution in [1.29, 1.82) is 0 Å². The summed E-state index contributed by atoms with van der Waals surface area (Å²) < 4.78 is 0. The zero-order valence-corrected chi connectivity index (χ0v) is 7.49. The van der Waals surface area contributed by atoms with Crippen molar-refractivity contribution < 1.29 is 0 Å². The van der Waals surface area contributed by atoms with Gasteiger partial charge in [0.15, 0.2) is 0 Å². The summed E-state index contributed by atoms with van der Waals surface area (Å²) in [5.74, 6) is 1.78. The summed E-state index contributed by atoms with van der Waals surface area (Å²) in [5, 5.41) is 0.512. The molecule has 0 heterocycles. The van der Waals surface area contributed by atoms with Crippen molar-refractivity contribution in [2.45, 2.75) is 38.5 Å². The van der Waals surface area contributed by atoms with Gasteiger partial charge in [-0.15, -0.1) is 11.6 Å². The molecule has 0 nitrogen and oxygen atoms in total. The molecule has 1 heteroatoms. The van der Waals surface area contributed by atoms with Gasteiger partial charge < -0.3 is 0 Å². The van der Waals surface area contributed by atoms with Gasteiger partial charge in [-0.25, -0.2) is 0 Å².